The van der Waals surface area contributed by atoms with Crippen LogP contribution in [0, 0.1) is 27.7 Å². The Kier molecular flexibility index (Phi) is 5.16. The maximum absolute atomic E-state index is 5.79. The average molecular weight is 282 g/mol. The molecule has 0 amide bonds. The zero-order valence-corrected chi connectivity index (χ0v) is 13.5. The van der Waals surface area contributed by atoms with Crippen molar-refractivity contribution in [2.24, 2.45) is 5.84 Å². The summed E-state index contributed by atoms with van der Waals surface area (Å²) < 4.78 is 0. The van der Waals surface area contributed by atoms with E-state index < -0.39 is 0 Å². The Hall–Kier alpha value is -1.64. The first-order valence-electron chi connectivity index (χ1n) is 7.58. The van der Waals surface area contributed by atoms with Crippen molar-refractivity contribution in [1.29, 1.82) is 0 Å². The molecule has 2 rings (SSSR count). The van der Waals surface area contributed by atoms with Crippen molar-refractivity contribution >= 4 is 0 Å². The first-order chi connectivity index (χ1) is 9.99. The third-order valence-corrected chi connectivity index (χ3v) is 4.09. The first-order valence-corrected chi connectivity index (χ1v) is 7.58. The van der Waals surface area contributed by atoms with Crippen LogP contribution in [0.15, 0.2) is 36.4 Å². The lowest BCUT2D eigenvalue weighted by atomic mass is 9.92. The molecule has 2 aromatic rings. The third-order valence-electron chi connectivity index (χ3n) is 4.09. The zero-order chi connectivity index (χ0) is 15.4. The lowest BCUT2D eigenvalue weighted by molar-refractivity contribution is 0.520. The van der Waals surface area contributed by atoms with E-state index in [2.05, 4.69) is 69.5 Å². The summed E-state index contributed by atoms with van der Waals surface area (Å²) in [5, 5.41) is 0. The number of aryl methyl sites for hydroxylation is 4. The molecule has 112 valence electrons. The standard InChI is InChI=1S/C19H26N2/c1-13-6-5-7-17(10-13)11-18(21-20)12-19-15(3)8-14(2)9-16(19)4/h5-10,18,21H,11-12,20H2,1-4H3. The van der Waals surface area contributed by atoms with Crippen LogP contribution < -0.4 is 11.3 Å². The fourth-order valence-electron chi connectivity index (χ4n) is 3.09. The van der Waals surface area contributed by atoms with Gasteiger partial charge in [0, 0.05) is 6.04 Å². The summed E-state index contributed by atoms with van der Waals surface area (Å²) in [4.78, 5) is 0. The van der Waals surface area contributed by atoms with E-state index in [1.807, 2.05) is 0 Å². The highest BCUT2D eigenvalue weighted by atomic mass is 15.2. The van der Waals surface area contributed by atoms with Gasteiger partial charge in [-0.3, -0.25) is 11.3 Å². The normalized spacial score (nSPS) is 12.4. The molecule has 3 N–H and O–H groups in total. The number of nitrogens with two attached hydrogens (primary N) is 1. The van der Waals surface area contributed by atoms with Crippen LogP contribution in [-0.4, -0.2) is 6.04 Å². The van der Waals surface area contributed by atoms with Crippen LogP contribution in [0.5, 0.6) is 0 Å². The molecule has 0 radical (unpaired) electrons. The zero-order valence-electron chi connectivity index (χ0n) is 13.5. The minimum absolute atomic E-state index is 0.256. The van der Waals surface area contributed by atoms with Gasteiger partial charge in [0.15, 0.2) is 0 Å². The van der Waals surface area contributed by atoms with Crippen molar-refractivity contribution in [1.82, 2.24) is 5.43 Å². The van der Waals surface area contributed by atoms with Gasteiger partial charge >= 0.3 is 0 Å². The molecule has 0 fully saturated rings. The summed E-state index contributed by atoms with van der Waals surface area (Å²) in [5.74, 6) is 5.79. The summed E-state index contributed by atoms with van der Waals surface area (Å²) in [7, 11) is 0. The highest BCUT2D eigenvalue weighted by Crippen LogP contribution is 2.19. The maximum atomic E-state index is 5.79. The Labute approximate surface area is 128 Å². The molecular formula is C19H26N2. The highest BCUT2D eigenvalue weighted by molar-refractivity contribution is 5.38. The first kappa shape index (κ1) is 15.7. The van der Waals surface area contributed by atoms with Gasteiger partial charge < -0.3 is 0 Å². The smallest absolute Gasteiger partial charge is 0.0291 e. The SMILES string of the molecule is Cc1cccc(CC(Cc2c(C)cc(C)cc2C)NN)c1. The molecule has 2 heteroatoms. The number of benzene rings is 2. The van der Waals surface area contributed by atoms with Gasteiger partial charge in [-0.1, -0.05) is 47.5 Å². The quantitative estimate of drug-likeness (QED) is 0.650. The summed E-state index contributed by atoms with van der Waals surface area (Å²) in [6.07, 6.45) is 1.91. The van der Waals surface area contributed by atoms with Gasteiger partial charge in [-0.15, -0.1) is 0 Å². The second kappa shape index (κ2) is 6.88. The molecule has 1 unspecified atom stereocenters. The Balaban J connectivity index is 2.16. The van der Waals surface area contributed by atoms with E-state index in [-0.39, 0.29) is 6.04 Å². The Morgan fingerprint density at radius 3 is 2.14 bits per heavy atom. The van der Waals surface area contributed by atoms with Gasteiger partial charge in [0.2, 0.25) is 0 Å². The molecule has 0 bridgehead atoms. The molecule has 2 nitrogen and oxygen atoms in total. The summed E-state index contributed by atoms with van der Waals surface area (Å²) in [6.45, 7) is 8.66. The average Bonchev–Trinajstić information content (AvgIpc) is 2.41. The predicted molar refractivity (Wildman–Crippen MR) is 90.4 cm³/mol. The van der Waals surface area contributed by atoms with E-state index in [9.17, 15) is 0 Å². The lowest BCUT2D eigenvalue weighted by Crippen LogP contribution is -2.38. The number of hydrogen-bond donors (Lipinski definition) is 2. The fourth-order valence-corrected chi connectivity index (χ4v) is 3.09. The van der Waals surface area contributed by atoms with Crippen LogP contribution in [0.1, 0.15) is 33.4 Å². The van der Waals surface area contributed by atoms with Crippen molar-refractivity contribution < 1.29 is 0 Å². The van der Waals surface area contributed by atoms with E-state index in [4.69, 9.17) is 5.84 Å². The minimum Gasteiger partial charge on any atom is -0.271 e. The van der Waals surface area contributed by atoms with E-state index in [1.165, 1.54) is 33.4 Å². The van der Waals surface area contributed by atoms with Crippen LogP contribution in [-0.2, 0) is 12.8 Å². The number of hydrogen-bond acceptors (Lipinski definition) is 2. The predicted octanol–water partition coefficient (Wildman–Crippen LogP) is 3.54. The van der Waals surface area contributed by atoms with Crippen molar-refractivity contribution in [2.75, 3.05) is 0 Å². The van der Waals surface area contributed by atoms with Crippen LogP contribution in [0.4, 0.5) is 0 Å². The Morgan fingerprint density at radius 1 is 0.905 bits per heavy atom. The van der Waals surface area contributed by atoms with Crippen molar-refractivity contribution in [3.8, 4) is 0 Å². The molecule has 1 atom stereocenters. The van der Waals surface area contributed by atoms with E-state index in [1.54, 1.807) is 0 Å². The second-order valence-electron chi connectivity index (χ2n) is 6.14. The molecule has 0 aromatic heterocycles. The highest BCUT2D eigenvalue weighted by Gasteiger charge is 2.13. The molecule has 2 aromatic carbocycles. The molecule has 0 aliphatic carbocycles. The molecule has 0 aliphatic rings. The Morgan fingerprint density at radius 2 is 1.57 bits per heavy atom. The topological polar surface area (TPSA) is 38.0 Å². The van der Waals surface area contributed by atoms with Crippen LogP contribution in [0.3, 0.4) is 0 Å². The number of nitrogens with one attached hydrogen (secondary N) is 1. The number of hydrazine groups is 1. The summed E-state index contributed by atoms with van der Waals surface area (Å²) in [6, 6.07) is 13.4. The van der Waals surface area contributed by atoms with Gasteiger partial charge in [-0.25, -0.2) is 0 Å². The van der Waals surface area contributed by atoms with Crippen LogP contribution in [0.25, 0.3) is 0 Å². The molecule has 0 saturated carbocycles. The lowest BCUT2D eigenvalue weighted by Gasteiger charge is -2.19. The van der Waals surface area contributed by atoms with Crippen LogP contribution >= 0.6 is 0 Å². The van der Waals surface area contributed by atoms with E-state index >= 15 is 0 Å². The minimum atomic E-state index is 0.256. The molecule has 21 heavy (non-hydrogen) atoms. The molecule has 0 saturated heterocycles. The summed E-state index contributed by atoms with van der Waals surface area (Å²) >= 11 is 0. The third kappa shape index (κ3) is 4.16. The van der Waals surface area contributed by atoms with Gasteiger partial charge in [-0.05, 0) is 62.8 Å². The van der Waals surface area contributed by atoms with Crippen molar-refractivity contribution in [2.45, 2.75) is 46.6 Å². The van der Waals surface area contributed by atoms with Crippen LogP contribution in [0.2, 0.25) is 0 Å². The van der Waals surface area contributed by atoms with E-state index in [0.717, 1.165) is 12.8 Å². The monoisotopic (exact) mass is 282 g/mol. The van der Waals surface area contributed by atoms with Gasteiger partial charge in [0.05, 0.1) is 0 Å². The molecule has 0 spiro atoms. The molecule has 0 aliphatic heterocycles. The Bertz CT molecular complexity index is 594. The largest absolute Gasteiger partial charge is 0.271 e. The van der Waals surface area contributed by atoms with Gasteiger partial charge in [-0.2, -0.15) is 0 Å². The molecule has 0 heterocycles. The van der Waals surface area contributed by atoms with Crippen molar-refractivity contribution in [3.63, 3.8) is 0 Å². The fraction of sp³-hybridized carbons (Fsp3) is 0.368. The van der Waals surface area contributed by atoms with Gasteiger partial charge in [0.25, 0.3) is 0 Å². The number of rotatable bonds is 5. The summed E-state index contributed by atoms with van der Waals surface area (Å²) in [5.41, 5.74) is 11.1. The van der Waals surface area contributed by atoms with Gasteiger partial charge in [0.1, 0.15) is 0 Å². The molecular weight excluding hydrogens is 256 g/mol. The maximum Gasteiger partial charge on any atom is 0.0291 e. The van der Waals surface area contributed by atoms with E-state index in [0.29, 0.717) is 0 Å². The van der Waals surface area contributed by atoms with Crippen molar-refractivity contribution in [3.05, 3.63) is 69.8 Å². The second-order valence-corrected chi connectivity index (χ2v) is 6.14.